The SMILES string of the molecule is Cc1ccccc1-c1cccc(N(F)C(=O)CN)c1F. The Bertz CT molecular complexity index is 644. The summed E-state index contributed by atoms with van der Waals surface area (Å²) < 4.78 is 28.2. The molecule has 0 aliphatic heterocycles. The van der Waals surface area contributed by atoms with Crippen molar-refractivity contribution in [1.29, 1.82) is 0 Å². The predicted molar refractivity (Wildman–Crippen MR) is 74.2 cm³/mol. The topological polar surface area (TPSA) is 46.3 Å². The average Bonchev–Trinajstić information content (AvgIpc) is 2.47. The van der Waals surface area contributed by atoms with Gasteiger partial charge in [-0.15, -0.1) is 5.12 Å². The van der Waals surface area contributed by atoms with Gasteiger partial charge in [0, 0.05) is 5.56 Å². The van der Waals surface area contributed by atoms with Gasteiger partial charge in [0.05, 0.1) is 6.54 Å². The highest BCUT2D eigenvalue weighted by molar-refractivity contribution is 5.93. The van der Waals surface area contributed by atoms with Gasteiger partial charge in [0.15, 0.2) is 5.82 Å². The molecule has 2 rings (SSSR count). The van der Waals surface area contributed by atoms with Gasteiger partial charge in [0.2, 0.25) is 0 Å². The number of rotatable bonds is 3. The zero-order valence-electron chi connectivity index (χ0n) is 10.9. The summed E-state index contributed by atoms with van der Waals surface area (Å²) in [6.45, 7) is 1.31. The first-order chi connectivity index (χ1) is 9.56. The number of hydrogen-bond donors (Lipinski definition) is 1. The predicted octanol–water partition coefficient (Wildman–Crippen LogP) is 2.98. The van der Waals surface area contributed by atoms with Crippen molar-refractivity contribution in [3.63, 3.8) is 0 Å². The zero-order chi connectivity index (χ0) is 14.7. The highest BCUT2D eigenvalue weighted by Crippen LogP contribution is 2.31. The molecule has 2 aromatic carbocycles. The van der Waals surface area contributed by atoms with Crippen LogP contribution in [0.4, 0.5) is 14.6 Å². The van der Waals surface area contributed by atoms with E-state index in [0.29, 0.717) is 5.56 Å². The monoisotopic (exact) mass is 276 g/mol. The number of benzene rings is 2. The van der Waals surface area contributed by atoms with Crippen molar-refractivity contribution in [2.24, 2.45) is 5.73 Å². The van der Waals surface area contributed by atoms with Crippen molar-refractivity contribution < 1.29 is 13.7 Å². The van der Waals surface area contributed by atoms with Crippen molar-refractivity contribution in [3.05, 3.63) is 53.8 Å². The Hall–Kier alpha value is -2.27. The fourth-order valence-corrected chi connectivity index (χ4v) is 1.97. The zero-order valence-corrected chi connectivity index (χ0v) is 10.9. The van der Waals surface area contributed by atoms with Crippen LogP contribution in [0, 0.1) is 12.7 Å². The number of hydrogen-bond acceptors (Lipinski definition) is 2. The lowest BCUT2D eigenvalue weighted by atomic mass is 9.99. The van der Waals surface area contributed by atoms with Gasteiger partial charge in [-0.05, 0) is 24.1 Å². The largest absolute Gasteiger partial charge is 0.322 e. The molecular formula is C15H14F2N2O. The van der Waals surface area contributed by atoms with Gasteiger partial charge in [-0.2, -0.15) is 0 Å². The van der Waals surface area contributed by atoms with Crippen LogP contribution in [0.25, 0.3) is 11.1 Å². The fraction of sp³-hybridized carbons (Fsp3) is 0.133. The van der Waals surface area contributed by atoms with Crippen molar-refractivity contribution in [1.82, 2.24) is 0 Å². The van der Waals surface area contributed by atoms with Gasteiger partial charge in [-0.3, -0.25) is 4.79 Å². The number of halogens is 2. The molecule has 2 aromatic rings. The molecule has 0 radical (unpaired) electrons. The average molecular weight is 276 g/mol. The normalized spacial score (nSPS) is 10.4. The maximum atomic E-state index is 14.4. The molecule has 1 amide bonds. The first-order valence-electron chi connectivity index (χ1n) is 6.09. The molecule has 2 N–H and O–H groups in total. The summed E-state index contributed by atoms with van der Waals surface area (Å²) in [5.74, 6) is -1.78. The van der Waals surface area contributed by atoms with Crippen LogP contribution in [0.3, 0.4) is 0 Å². The number of aryl methyl sites for hydroxylation is 1. The van der Waals surface area contributed by atoms with Crippen LogP contribution in [0.1, 0.15) is 5.56 Å². The van der Waals surface area contributed by atoms with Crippen molar-refractivity contribution in [2.45, 2.75) is 6.92 Å². The summed E-state index contributed by atoms with van der Waals surface area (Å²) >= 11 is 0. The lowest BCUT2D eigenvalue weighted by molar-refractivity contribution is -0.120. The van der Waals surface area contributed by atoms with Crippen molar-refractivity contribution in [3.8, 4) is 11.1 Å². The van der Waals surface area contributed by atoms with E-state index in [1.54, 1.807) is 18.2 Å². The molecule has 5 heteroatoms. The molecule has 0 heterocycles. The molecule has 0 saturated heterocycles. The molecule has 20 heavy (non-hydrogen) atoms. The first-order valence-corrected chi connectivity index (χ1v) is 6.09. The number of nitrogens with zero attached hydrogens (tertiary/aromatic N) is 1. The third-order valence-corrected chi connectivity index (χ3v) is 3.02. The van der Waals surface area contributed by atoms with E-state index in [1.165, 1.54) is 12.1 Å². The van der Waals surface area contributed by atoms with Crippen LogP contribution in [0.5, 0.6) is 0 Å². The Balaban J connectivity index is 2.53. The van der Waals surface area contributed by atoms with Crippen LogP contribution in [0.15, 0.2) is 42.5 Å². The summed E-state index contributed by atoms with van der Waals surface area (Å²) in [6.07, 6.45) is 0. The highest BCUT2D eigenvalue weighted by atomic mass is 19.2. The Morgan fingerprint density at radius 2 is 1.80 bits per heavy atom. The molecule has 0 fully saturated rings. The van der Waals surface area contributed by atoms with Crippen molar-refractivity contribution >= 4 is 11.6 Å². The molecule has 0 spiro atoms. The Morgan fingerprint density at radius 1 is 1.15 bits per heavy atom. The number of carbonyl (C=O) groups excluding carboxylic acids is 1. The van der Waals surface area contributed by atoms with Gasteiger partial charge in [0.1, 0.15) is 5.69 Å². The van der Waals surface area contributed by atoms with Crippen LogP contribution in [-0.4, -0.2) is 12.5 Å². The van der Waals surface area contributed by atoms with E-state index < -0.39 is 24.0 Å². The molecule has 0 saturated carbocycles. The maximum Gasteiger partial charge on any atom is 0.268 e. The van der Waals surface area contributed by atoms with E-state index in [0.717, 1.165) is 5.56 Å². The molecule has 0 aromatic heterocycles. The number of nitrogens with two attached hydrogens (primary N) is 1. The minimum Gasteiger partial charge on any atom is -0.322 e. The van der Waals surface area contributed by atoms with Gasteiger partial charge in [0.25, 0.3) is 5.91 Å². The van der Waals surface area contributed by atoms with E-state index >= 15 is 0 Å². The molecule has 3 nitrogen and oxygen atoms in total. The Morgan fingerprint density at radius 3 is 2.45 bits per heavy atom. The molecule has 0 aliphatic carbocycles. The minimum absolute atomic E-state index is 0.244. The second-order valence-electron chi connectivity index (χ2n) is 4.33. The quantitative estimate of drug-likeness (QED) is 0.876. The van der Waals surface area contributed by atoms with Gasteiger partial charge < -0.3 is 5.73 Å². The second-order valence-corrected chi connectivity index (χ2v) is 4.33. The smallest absolute Gasteiger partial charge is 0.268 e. The van der Waals surface area contributed by atoms with Crippen LogP contribution < -0.4 is 10.9 Å². The molecule has 0 aliphatic rings. The van der Waals surface area contributed by atoms with E-state index in [2.05, 4.69) is 0 Å². The standard InChI is InChI=1S/C15H14F2N2O/c1-10-5-2-3-6-11(10)12-7-4-8-13(15(12)16)19(17)14(20)9-18/h2-8H,9,18H2,1H3. The third-order valence-electron chi connectivity index (χ3n) is 3.02. The minimum atomic E-state index is -0.995. The molecule has 104 valence electrons. The fourth-order valence-electron chi connectivity index (χ4n) is 1.97. The molecule has 0 bridgehead atoms. The lowest BCUT2D eigenvalue weighted by Crippen LogP contribution is -2.29. The summed E-state index contributed by atoms with van der Waals surface area (Å²) in [5, 5.41) is -0.253. The summed E-state index contributed by atoms with van der Waals surface area (Å²) in [7, 11) is 0. The number of anilines is 1. The van der Waals surface area contributed by atoms with E-state index in [4.69, 9.17) is 5.73 Å². The highest BCUT2D eigenvalue weighted by Gasteiger charge is 2.20. The molecule has 0 unspecified atom stereocenters. The van der Waals surface area contributed by atoms with Gasteiger partial charge >= 0.3 is 0 Å². The van der Waals surface area contributed by atoms with Gasteiger partial charge in [-0.25, -0.2) is 4.39 Å². The van der Waals surface area contributed by atoms with Crippen molar-refractivity contribution in [2.75, 3.05) is 11.7 Å². The van der Waals surface area contributed by atoms with Crippen LogP contribution in [0.2, 0.25) is 0 Å². The summed E-state index contributed by atoms with van der Waals surface area (Å²) in [5.41, 5.74) is 6.41. The Kier molecular flexibility index (Phi) is 4.10. The van der Waals surface area contributed by atoms with Crippen LogP contribution >= 0.6 is 0 Å². The second kappa shape index (κ2) is 5.79. The van der Waals surface area contributed by atoms with E-state index in [1.807, 2.05) is 19.1 Å². The van der Waals surface area contributed by atoms with E-state index in [-0.39, 0.29) is 10.7 Å². The van der Waals surface area contributed by atoms with E-state index in [9.17, 15) is 13.7 Å². The molecule has 0 atom stereocenters. The van der Waals surface area contributed by atoms with Crippen LogP contribution in [-0.2, 0) is 4.79 Å². The first kappa shape index (κ1) is 14.1. The van der Waals surface area contributed by atoms with Gasteiger partial charge in [-0.1, -0.05) is 40.9 Å². The Labute approximate surface area is 115 Å². The molecular weight excluding hydrogens is 262 g/mol. The lowest BCUT2D eigenvalue weighted by Gasteiger charge is -2.15. The number of amides is 1. The maximum absolute atomic E-state index is 14.4. The number of carbonyl (C=O) groups is 1. The third kappa shape index (κ3) is 2.53. The summed E-state index contributed by atoms with van der Waals surface area (Å²) in [4.78, 5) is 11.2. The summed E-state index contributed by atoms with van der Waals surface area (Å²) in [6, 6.07) is 11.4.